The van der Waals surface area contributed by atoms with Crippen LogP contribution in [0.2, 0.25) is 0 Å². The second-order valence-corrected chi connectivity index (χ2v) is 8.83. The average molecular weight is 382 g/mol. The smallest absolute Gasteiger partial charge is 0.257 e. The lowest BCUT2D eigenvalue weighted by Gasteiger charge is -2.14. The van der Waals surface area contributed by atoms with E-state index in [0.29, 0.717) is 24.2 Å². The fourth-order valence-corrected chi connectivity index (χ4v) is 4.72. The summed E-state index contributed by atoms with van der Waals surface area (Å²) in [6, 6.07) is 11.3. The molecule has 0 fully saturated rings. The Labute approximate surface area is 165 Å². The van der Waals surface area contributed by atoms with Gasteiger partial charge < -0.3 is 9.73 Å². The van der Waals surface area contributed by atoms with Gasteiger partial charge in [0.1, 0.15) is 0 Å². The van der Waals surface area contributed by atoms with E-state index in [0.717, 1.165) is 4.88 Å². The van der Waals surface area contributed by atoms with E-state index in [2.05, 4.69) is 66.6 Å². The molecule has 2 heterocycles. The number of thiophene rings is 1. The Morgan fingerprint density at radius 2 is 1.78 bits per heavy atom. The minimum Gasteiger partial charge on any atom is -0.419 e. The third kappa shape index (κ3) is 4.14. The molecule has 0 spiro atoms. The highest BCUT2D eigenvalue weighted by molar-refractivity contribution is 7.15. The van der Waals surface area contributed by atoms with Gasteiger partial charge in [-0.2, -0.15) is 0 Å². The van der Waals surface area contributed by atoms with Crippen molar-refractivity contribution in [3.63, 3.8) is 0 Å². The molecule has 5 heteroatoms. The number of fused-ring (bicyclic) bond motifs is 1. The molecule has 1 unspecified atom stereocenters. The van der Waals surface area contributed by atoms with Gasteiger partial charge in [0, 0.05) is 10.9 Å². The Morgan fingerprint density at radius 3 is 2.52 bits per heavy atom. The Hall–Kier alpha value is -1.98. The Kier molecular flexibility index (Phi) is 5.41. The highest BCUT2D eigenvalue weighted by Gasteiger charge is 2.18. The molecule has 2 aromatic heterocycles. The van der Waals surface area contributed by atoms with Crippen molar-refractivity contribution in [1.82, 2.24) is 15.5 Å². The van der Waals surface area contributed by atoms with Crippen molar-refractivity contribution >= 4 is 11.3 Å². The van der Waals surface area contributed by atoms with Gasteiger partial charge in [-0.1, -0.05) is 38.1 Å². The maximum Gasteiger partial charge on any atom is 0.257 e. The molecule has 1 aliphatic rings. The summed E-state index contributed by atoms with van der Waals surface area (Å²) in [6.45, 7) is 7.17. The summed E-state index contributed by atoms with van der Waals surface area (Å²) < 4.78 is 5.91. The van der Waals surface area contributed by atoms with Gasteiger partial charge in [-0.15, -0.1) is 21.5 Å². The van der Waals surface area contributed by atoms with Crippen LogP contribution in [0.3, 0.4) is 0 Å². The Balaban J connectivity index is 1.38. The largest absolute Gasteiger partial charge is 0.419 e. The van der Waals surface area contributed by atoms with Gasteiger partial charge in [0.25, 0.3) is 5.89 Å². The first kappa shape index (κ1) is 18.4. The predicted octanol–water partition coefficient (Wildman–Crippen LogP) is 5.65. The molecule has 1 atom stereocenters. The van der Waals surface area contributed by atoms with Gasteiger partial charge in [-0.25, -0.2) is 0 Å². The van der Waals surface area contributed by atoms with Crippen LogP contribution >= 0.6 is 11.3 Å². The third-order valence-electron chi connectivity index (χ3n) is 5.34. The second kappa shape index (κ2) is 7.95. The molecular formula is C22H27N3OS. The lowest BCUT2D eigenvalue weighted by molar-refractivity contribution is 0.455. The van der Waals surface area contributed by atoms with Crippen LogP contribution in [0.4, 0.5) is 0 Å². The monoisotopic (exact) mass is 381 g/mol. The van der Waals surface area contributed by atoms with Crippen molar-refractivity contribution in [3.8, 4) is 10.8 Å². The maximum absolute atomic E-state index is 5.91. The summed E-state index contributed by atoms with van der Waals surface area (Å²) in [5.74, 6) is 1.85. The Morgan fingerprint density at radius 1 is 1.04 bits per heavy atom. The topological polar surface area (TPSA) is 51.0 Å². The van der Waals surface area contributed by atoms with Crippen molar-refractivity contribution in [3.05, 3.63) is 57.8 Å². The second-order valence-electron chi connectivity index (χ2n) is 7.69. The lowest BCUT2D eigenvalue weighted by atomic mass is 9.99. The summed E-state index contributed by atoms with van der Waals surface area (Å²) in [4.78, 5) is 2.60. The number of nitrogens with one attached hydrogen (secondary N) is 1. The van der Waals surface area contributed by atoms with Gasteiger partial charge in [0.2, 0.25) is 5.89 Å². The molecule has 1 aliphatic carbocycles. The van der Waals surface area contributed by atoms with Crippen LogP contribution in [0.1, 0.15) is 73.0 Å². The van der Waals surface area contributed by atoms with Crippen molar-refractivity contribution < 1.29 is 4.42 Å². The van der Waals surface area contributed by atoms with Crippen LogP contribution in [0.25, 0.3) is 10.8 Å². The molecular weight excluding hydrogens is 354 g/mol. The van der Waals surface area contributed by atoms with Crippen LogP contribution in [0.5, 0.6) is 0 Å². The van der Waals surface area contributed by atoms with Crippen molar-refractivity contribution in [2.45, 2.75) is 65.0 Å². The first-order valence-electron chi connectivity index (χ1n) is 9.87. The van der Waals surface area contributed by atoms with Crippen molar-refractivity contribution in [2.75, 3.05) is 0 Å². The van der Waals surface area contributed by atoms with E-state index in [4.69, 9.17) is 4.42 Å². The van der Waals surface area contributed by atoms with E-state index in [1.807, 2.05) is 11.3 Å². The first-order chi connectivity index (χ1) is 13.1. The van der Waals surface area contributed by atoms with Crippen LogP contribution in [0, 0.1) is 0 Å². The quantitative estimate of drug-likeness (QED) is 0.599. The predicted molar refractivity (Wildman–Crippen MR) is 110 cm³/mol. The minimum absolute atomic E-state index is 0.232. The van der Waals surface area contributed by atoms with Gasteiger partial charge in [-0.3, -0.25) is 0 Å². The highest BCUT2D eigenvalue weighted by Crippen LogP contribution is 2.35. The fourth-order valence-electron chi connectivity index (χ4n) is 3.55. The number of nitrogens with zero attached hydrogens (tertiary/aromatic N) is 2. The molecule has 0 radical (unpaired) electrons. The van der Waals surface area contributed by atoms with E-state index in [1.54, 1.807) is 0 Å². The molecule has 0 amide bonds. The number of aryl methyl sites for hydroxylation is 2. The summed E-state index contributed by atoms with van der Waals surface area (Å²) in [6.07, 6.45) is 4.96. The maximum atomic E-state index is 5.91. The third-order valence-corrected chi connectivity index (χ3v) is 6.56. The summed E-state index contributed by atoms with van der Waals surface area (Å²) in [7, 11) is 0. The van der Waals surface area contributed by atoms with Crippen LogP contribution in [-0.2, 0) is 19.4 Å². The molecule has 0 saturated heterocycles. The van der Waals surface area contributed by atoms with Gasteiger partial charge in [-0.05, 0) is 61.3 Å². The van der Waals surface area contributed by atoms with E-state index in [9.17, 15) is 0 Å². The molecule has 142 valence electrons. The zero-order chi connectivity index (χ0) is 18.8. The molecule has 3 aromatic rings. The normalized spacial score (nSPS) is 15.1. The van der Waals surface area contributed by atoms with E-state index in [1.165, 1.54) is 47.3 Å². The van der Waals surface area contributed by atoms with Crippen molar-refractivity contribution in [1.29, 1.82) is 0 Å². The number of aromatic nitrogens is 2. The van der Waals surface area contributed by atoms with Gasteiger partial charge in [0.05, 0.1) is 11.4 Å². The summed E-state index contributed by atoms with van der Waals surface area (Å²) >= 11 is 1.81. The standard InChI is InChI=1S/C22H27N3OS/c1-14(2)16-8-10-17(11-9-16)15(3)23-13-21-24-25-22(26-21)20-12-18-6-4-5-7-19(18)27-20/h8-12,14-15,23H,4-7,13H2,1-3H3. The van der Waals surface area contributed by atoms with Crippen LogP contribution in [-0.4, -0.2) is 10.2 Å². The molecule has 1 aromatic carbocycles. The molecule has 4 rings (SSSR count). The molecule has 0 saturated carbocycles. The first-order valence-corrected chi connectivity index (χ1v) is 10.7. The number of hydrogen-bond donors (Lipinski definition) is 1. The highest BCUT2D eigenvalue weighted by atomic mass is 32.1. The zero-order valence-electron chi connectivity index (χ0n) is 16.3. The Bertz CT molecular complexity index is 871. The van der Waals surface area contributed by atoms with E-state index >= 15 is 0 Å². The number of rotatable bonds is 6. The van der Waals surface area contributed by atoms with Gasteiger partial charge in [0.15, 0.2) is 0 Å². The lowest BCUT2D eigenvalue weighted by Crippen LogP contribution is -2.18. The molecule has 0 aliphatic heterocycles. The number of benzene rings is 1. The molecule has 0 bridgehead atoms. The summed E-state index contributed by atoms with van der Waals surface area (Å²) in [5, 5.41) is 12.0. The number of hydrogen-bond acceptors (Lipinski definition) is 5. The van der Waals surface area contributed by atoms with Crippen LogP contribution in [0.15, 0.2) is 34.7 Å². The van der Waals surface area contributed by atoms with Gasteiger partial charge >= 0.3 is 0 Å². The molecule has 1 N–H and O–H groups in total. The van der Waals surface area contributed by atoms with E-state index in [-0.39, 0.29) is 6.04 Å². The SMILES string of the molecule is CC(C)c1ccc(C(C)NCc2nnc(-c3cc4c(s3)CCCC4)o2)cc1. The molecule has 4 nitrogen and oxygen atoms in total. The minimum atomic E-state index is 0.232. The van der Waals surface area contributed by atoms with Crippen molar-refractivity contribution in [2.24, 2.45) is 0 Å². The van der Waals surface area contributed by atoms with E-state index < -0.39 is 0 Å². The summed E-state index contributed by atoms with van der Waals surface area (Å²) in [5.41, 5.74) is 4.11. The zero-order valence-corrected chi connectivity index (χ0v) is 17.1. The molecule has 27 heavy (non-hydrogen) atoms. The fraction of sp³-hybridized carbons (Fsp3) is 0.455. The van der Waals surface area contributed by atoms with Crippen LogP contribution < -0.4 is 5.32 Å². The average Bonchev–Trinajstić information content (AvgIpc) is 3.32.